The van der Waals surface area contributed by atoms with Crippen molar-refractivity contribution in [3.63, 3.8) is 0 Å². The van der Waals surface area contributed by atoms with E-state index < -0.39 is 0 Å². The molecule has 1 aromatic heterocycles. The molecule has 0 N–H and O–H groups in total. The highest BCUT2D eigenvalue weighted by atomic mass is 32.1. The van der Waals surface area contributed by atoms with Crippen LogP contribution in [0, 0.1) is 6.92 Å². The molecule has 1 aromatic carbocycles. The smallest absolute Gasteiger partial charge is 0.414 e. The molecule has 1 amide bonds. The number of aryl methyl sites for hydroxylation is 1. The molecule has 0 saturated carbocycles. The number of anilines is 2. The predicted octanol–water partition coefficient (Wildman–Crippen LogP) is 2.37. The fraction of sp³-hybridized carbons (Fsp3) is 0.400. The van der Waals surface area contributed by atoms with Crippen LogP contribution in [0.15, 0.2) is 18.2 Å². The van der Waals surface area contributed by atoms with Gasteiger partial charge in [0.2, 0.25) is 5.13 Å². The highest BCUT2D eigenvalue weighted by molar-refractivity contribution is 7.15. The standard InChI is InChI=1S/C15H16N4O2S/c1-10-16-17-14(22-10)18-6-5-12-11(9-18)3-2-4-13(12)19-7-8-21-15(19)20/h2-4H,5-9H2,1H3. The third-order valence-electron chi connectivity index (χ3n) is 4.08. The first-order valence-electron chi connectivity index (χ1n) is 7.32. The summed E-state index contributed by atoms with van der Waals surface area (Å²) in [5.41, 5.74) is 3.49. The first-order chi connectivity index (χ1) is 10.7. The minimum absolute atomic E-state index is 0.240. The first kappa shape index (κ1) is 13.5. The lowest BCUT2D eigenvalue weighted by atomic mass is 9.97. The maximum atomic E-state index is 11.8. The van der Waals surface area contributed by atoms with Crippen molar-refractivity contribution in [2.75, 3.05) is 29.5 Å². The fourth-order valence-electron chi connectivity index (χ4n) is 3.03. The summed E-state index contributed by atoms with van der Waals surface area (Å²) in [6.07, 6.45) is 0.657. The Balaban J connectivity index is 1.65. The number of carbonyl (C=O) groups is 1. The van der Waals surface area contributed by atoms with Gasteiger partial charge >= 0.3 is 6.09 Å². The summed E-state index contributed by atoms with van der Waals surface area (Å²) < 4.78 is 5.06. The highest BCUT2D eigenvalue weighted by Gasteiger charge is 2.28. The van der Waals surface area contributed by atoms with E-state index in [1.165, 1.54) is 11.1 Å². The molecule has 4 rings (SSSR count). The van der Waals surface area contributed by atoms with E-state index in [1.54, 1.807) is 16.2 Å². The van der Waals surface area contributed by atoms with Crippen molar-refractivity contribution >= 4 is 28.2 Å². The van der Waals surface area contributed by atoms with Crippen LogP contribution in [-0.2, 0) is 17.7 Å². The van der Waals surface area contributed by atoms with E-state index in [9.17, 15) is 4.79 Å². The molecule has 1 fully saturated rings. The molecule has 0 spiro atoms. The number of rotatable bonds is 2. The van der Waals surface area contributed by atoms with Crippen LogP contribution in [-0.4, -0.2) is 36.0 Å². The molecule has 0 radical (unpaired) electrons. The molecule has 0 bridgehead atoms. The molecular weight excluding hydrogens is 300 g/mol. The number of carbonyl (C=O) groups excluding carboxylic acids is 1. The molecule has 6 nitrogen and oxygen atoms in total. The van der Waals surface area contributed by atoms with E-state index in [0.29, 0.717) is 13.2 Å². The third-order valence-corrected chi connectivity index (χ3v) is 4.98. The van der Waals surface area contributed by atoms with Crippen molar-refractivity contribution in [1.29, 1.82) is 0 Å². The predicted molar refractivity (Wildman–Crippen MR) is 84.5 cm³/mol. The molecule has 0 unspecified atom stereocenters. The van der Waals surface area contributed by atoms with Gasteiger partial charge in [0, 0.05) is 13.1 Å². The molecule has 2 aromatic rings. The van der Waals surface area contributed by atoms with Crippen LogP contribution in [0.25, 0.3) is 0 Å². The number of fused-ring (bicyclic) bond motifs is 1. The quantitative estimate of drug-likeness (QED) is 0.851. The van der Waals surface area contributed by atoms with Crippen LogP contribution < -0.4 is 9.80 Å². The zero-order valence-corrected chi connectivity index (χ0v) is 13.1. The second-order valence-corrected chi connectivity index (χ2v) is 6.62. The maximum absolute atomic E-state index is 11.8. The summed E-state index contributed by atoms with van der Waals surface area (Å²) in [4.78, 5) is 15.8. The van der Waals surface area contributed by atoms with Crippen LogP contribution in [0.3, 0.4) is 0 Å². The average molecular weight is 316 g/mol. The first-order valence-corrected chi connectivity index (χ1v) is 8.14. The van der Waals surface area contributed by atoms with Crippen LogP contribution in [0.5, 0.6) is 0 Å². The molecular formula is C15H16N4O2S. The number of benzene rings is 1. The van der Waals surface area contributed by atoms with Crippen molar-refractivity contribution in [2.45, 2.75) is 19.9 Å². The molecule has 22 heavy (non-hydrogen) atoms. The Morgan fingerprint density at radius 2 is 2.18 bits per heavy atom. The molecule has 114 valence electrons. The summed E-state index contributed by atoms with van der Waals surface area (Å²) in [5, 5.41) is 10.3. The van der Waals surface area contributed by atoms with Crippen LogP contribution >= 0.6 is 11.3 Å². The Morgan fingerprint density at radius 1 is 1.27 bits per heavy atom. The zero-order valence-electron chi connectivity index (χ0n) is 12.3. The van der Waals surface area contributed by atoms with E-state index in [1.807, 2.05) is 19.1 Å². The molecule has 0 atom stereocenters. The summed E-state index contributed by atoms with van der Waals surface area (Å²) in [6.45, 7) is 4.77. The largest absolute Gasteiger partial charge is 0.447 e. The Kier molecular flexibility index (Phi) is 3.22. The average Bonchev–Trinajstić information content (AvgIpc) is 3.15. The minimum Gasteiger partial charge on any atom is -0.447 e. The van der Waals surface area contributed by atoms with Gasteiger partial charge < -0.3 is 9.64 Å². The molecule has 0 aliphatic carbocycles. The highest BCUT2D eigenvalue weighted by Crippen LogP contribution is 2.33. The SMILES string of the molecule is Cc1nnc(N2CCc3c(cccc3N3CCOC3=O)C2)s1. The lowest BCUT2D eigenvalue weighted by molar-refractivity contribution is 0.181. The van der Waals surface area contributed by atoms with Gasteiger partial charge in [-0.2, -0.15) is 0 Å². The molecule has 2 aliphatic rings. The van der Waals surface area contributed by atoms with Gasteiger partial charge in [-0.3, -0.25) is 4.90 Å². The zero-order chi connectivity index (χ0) is 15.1. The van der Waals surface area contributed by atoms with Crippen molar-refractivity contribution in [3.8, 4) is 0 Å². The van der Waals surface area contributed by atoms with E-state index in [4.69, 9.17) is 4.74 Å². The van der Waals surface area contributed by atoms with E-state index in [-0.39, 0.29) is 6.09 Å². The lowest BCUT2D eigenvalue weighted by Crippen LogP contribution is -2.33. The van der Waals surface area contributed by atoms with Gasteiger partial charge in [-0.25, -0.2) is 4.79 Å². The second-order valence-electron chi connectivity index (χ2n) is 5.46. The summed E-state index contributed by atoms with van der Waals surface area (Å²) >= 11 is 1.62. The lowest BCUT2D eigenvalue weighted by Gasteiger charge is -2.30. The third kappa shape index (κ3) is 2.21. The van der Waals surface area contributed by atoms with Crippen molar-refractivity contribution in [1.82, 2.24) is 10.2 Å². The number of aromatic nitrogens is 2. The van der Waals surface area contributed by atoms with E-state index in [0.717, 1.165) is 35.3 Å². The fourth-order valence-corrected chi connectivity index (χ4v) is 3.74. The van der Waals surface area contributed by atoms with Gasteiger partial charge in [0.25, 0.3) is 0 Å². The summed E-state index contributed by atoms with van der Waals surface area (Å²) in [6, 6.07) is 6.14. The molecule has 7 heteroatoms. The Labute approximate surface area is 132 Å². The van der Waals surface area contributed by atoms with E-state index in [2.05, 4.69) is 21.2 Å². The van der Waals surface area contributed by atoms with Gasteiger partial charge in [0.05, 0.1) is 12.2 Å². The number of nitrogens with zero attached hydrogens (tertiary/aromatic N) is 4. The van der Waals surface area contributed by atoms with Gasteiger partial charge in [-0.15, -0.1) is 10.2 Å². The Bertz CT molecular complexity index is 730. The molecule has 2 aliphatic heterocycles. The van der Waals surface area contributed by atoms with Crippen LogP contribution in [0.1, 0.15) is 16.1 Å². The number of cyclic esters (lactones) is 1. The topological polar surface area (TPSA) is 58.6 Å². The Morgan fingerprint density at radius 3 is 2.91 bits per heavy atom. The maximum Gasteiger partial charge on any atom is 0.414 e. The minimum atomic E-state index is -0.240. The van der Waals surface area contributed by atoms with Crippen LogP contribution in [0.2, 0.25) is 0 Å². The van der Waals surface area contributed by atoms with Crippen molar-refractivity contribution in [3.05, 3.63) is 34.3 Å². The van der Waals surface area contributed by atoms with Gasteiger partial charge in [0.1, 0.15) is 11.6 Å². The monoisotopic (exact) mass is 316 g/mol. The van der Waals surface area contributed by atoms with Gasteiger partial charge in [-0.1, -0.05) is 23.5 Å². The van der Waals surface area contributed by atoms with Crippen molar-refractivity contribution < 1.29 is 9.53 Å². The van der Waals surface area contributed by atoms with Crippen molar-refractivity contribution in [2.24, 2.45) is 0 Å². The Hall–Kier alpha value is -2.15. The molecule has 3 heterocycles. The van der Waals surface area contributed by atoms with Gasteiger partial charge in [-0.05, 0) is 30.5 Å². The number of ether oxygens (including phenoxy) is 1. The second kappa shape index (κ2) is 5.24. The summed E-state index contributed by atoms with van der Waals surface area (Å²) in [7, 11) is 0. The molecule has 1 saturated heterocycles. The van der Waals surface area contributed by atoms with Gasteiger partial charge in [0.15, 0.2) is 0 Å². The summed E-state index contributed by atoms with van der Waals surface area (Å²) in [5.74, 6) is 0. The normalized spacial score (nSPS) is 17.6. The van der Waals surface area contributed by atoms with E-state index >= 15 is 0 Å². The van der Waals surface area contributed by atoms with Crippen LogP contribution in [0.4, 0.5) is 15.6 Å². The number of hydrogen-bond acceptors (Lipinski definition) is 6. The number of amides is 1. The number of hydrogen-bond donors (Lipinski definition) is 0.